The van der Waals surface area contributed by atoms with E-state index in [9.17, 15) is 9.59 Å². The summed E-state index contributed by atoms with van der Waals surface area (Å²) in [7, 11) is 1.55. The molecule has 0 radical (unpaired) electrons. The lowest BCUT2D eigenvalue weighted by molar-refractivity contribution is -0.117. The fraction of sp³-hybridized carbons (Fsp3) is 0.650. The van der Waals surface area contributed by atoms with E-state index in [0.717, 1.165) is 12.8 Å². The first-order valence-corrected chi connectivity index (χ1v) is 8.76. The van der Waals surface area contributed by atoms with Crippen LogP contribution in [0.3, 0.4) is 0 Å². The van der Waals surface area contributed by atoms with Crippen LogP contribution in [0.25, 0.3) is 0 Å². The summed E-state index contributed by atoms with van der Waals surface area (Å²) in [5.74, 6) is 1.38. The van der Waals surface area contributed by atoms with E-state index in [1.807, 2.05) is 13.8 Å². The molecule has 0 aliphatic rings. The summed E-state index contributed by atoms with van der Waals surface area (Å²) < 4.78 is 4.68. The van der Waals surface area contributed by atoms with Crippen LogP contribution in [0.15, 0.2) is 10.6 Å². The molecule has 1 heterocycles. The SMILES string of the molecule is C#C.CC.CC(=O)CCC(C)C.CCC.CNC(=O)c1cc(C)on1. The van der Waals surface area contributed by atoms with E-state index in [2.05, 4.69) is 55.5 Å². The molecule has 0 saturated carbocycles. The summed E-state index contributed by atoms with van der Waals surface area (Å²) in [5.41, 5.74) is 0.319. The first-order chi connectivity index (χ1) is 11.8. The number of ketones is 1. The van der Waals surface area contributed by atoms with Crippen LogP contribution in [0.4, 0.5) is 0 Å². The normalized spacial score (nSPS) is 8.00. The Morgan fingerprint density at radius 2 is 1.68 bits per heavy atom. The minimum absolute atomic E-state index is 0.225. The highest BCUT2D eigenvalue weighted by Gasteiger charge is 2.06. The Bertz CT molecular complexity index is 435. The second-order valence-electron chi connectivity index (χ2n) is 5.24. The topological polar surface area (TPSA) is 72.2 Å². The Balaban J connectivity index is -0.000000132. The van der Waals surface area contributed by atoms with E-state index in [4.69, 9.17) is 0 Å². The van der Waals surface area contributed by atoms with Crippen molar-refractivity contribution in [2.24, 2.45) is 5.92 Å². The predicted octanol–water partition coefficient (Wildman–Crippen LogP) is 5.05. The number of nitrogens with zero attached hydrogens (tertiary/aromatic N) is 1. The van der Waals surface area contributed by atoms with E-state index in [-0.39, 0.29) is 5.91 Å². The molecule has 0 fully saturated rings. The number of carbonyl (C=O) groups is 2. The molecule has 0 aliphatic heterocycles. The second kappa shape index (κ2) is 24.2. The number of carbonyl (C=O) groups excluding carboxylic acids is 2. The third-order valence-corrected chi connectivity index (χ3v) is 2.16. The summed E-state index contributed by atoms with van der Waals surface area (Å²) in [6, 6.07) is 1.58. The van der Waals surface area contributed by atoms with Gasteiger partial charge in [0.2, 0.25) is 0 Å². The first kappa shape index (κ1) is 30.8. The molecular formula is C20H38N2O3. The average molecular weight is 355 g/mol. The Kier molecular flexibility index (Phi) is 29.7. The van der Waals surface area contributed by atoms with Crippen LogP contribution in [0.2, 0.25) is 0 Å². The van der Waals surface area contributed by atoms with Crippen LogP contribution in [0.5, 0.6) is 0 Å². The van der Waals surface area contributed by atoms with Crippen molar-refractivity contribution >= 4 is 11.7 Å². The van der Waals surface area contributed by atoms with Crippen LogP contribution in [-0.4, -0.2) is 23.9 Å². The fourth-order valence-corrected chi connectivity index (χ4v) is 1.09. The summed E-state index contributed by atoms with van der Waals surface area (Å²) in [6.45, 7) is 15.9. The maximum absolute atomic E-state index is 10.8. The Morgan fingerprint density at radius 3 is 1.88 bits per heavy atom. The molecule has 25 heavy (non-hydrogen) atoms. The number of aryl methyl sites for hydroxylation is 1. The van der Waals surface area contributed by atoms with Gasteiger partial charge in [-0.05, 0) is 26.2 Å². The lowest BCUT2D eigenvalue weighted by Gasteiger charge is -1.98. The van der Waals surface area contributed by atoms with Crippen molar-refractivity contribution in [3.63, 3.8) is 0 Å². The Morgan fingerprint density at radius 1 is 1.24 bits per heavy atom. The monoisotopic (exact) mass is 354 g/mol. The zero-order chi connectivity index (χ0) is 20.8. The molecule has 146 valence electrons. The van der Waals surface area contributed by atoms with Crippen molar-refractivity contribution in [3.8, 4) is 12.8 Å². The highest BCUT2D eigenvalue weighted by Crippen LogP contribution is 2.02. The number of hydrogen-bond donors (Lipinski definition) is 1. The quantitative estimate of drug-likeness (QED) is 0.768. The summed E-state index contributed by atoms with van der Waals surface area (Å²) in [4.78, 5) is 21.1. The number of aromatic nitrogens is 1. The number of amides is 1. The number of rotatable bonds is 4. The van der Waals surface area contributed by atoms with Gasteiger partial charge in [-0.15, -0.1) is 12.8 Å². The third-order valence-electron chi connectivity index (χ3n) is 2.16. The average Bonchev–Trinajstić information content (AvgIpc) is 3.04. The molecule has 1 N–H and O–H groups in total. The van der Waals surface area contributed by atoms with Crippen molar-refractivity contribution in [2.75, 3.05) is 7.05 Å². The van der Waals surface area contributed by atoms with Crippen LogP contribution < -0.4 is 5.32 Å². The van der Waals surface area contributed by atoms with Gasteiger partial charge in [0.05, 0.1) is 0 Å². The maximum atomic E-state index is 10.8. The third kappa shape index (κ3) is 27.1. The van der Waals surface area contributed by atoms with Gasteiger partial charge in [0.1, 0.15) is 11.5 Å². The van der Waals surface area contributed by atoms with Gasteiger partial charge in [0.15, 0.2) is 5.69 Å². The molecular weight excluding hydrogens is 316 g/mol. The molecule has 1 aromatic rings. The zero-order valence-corrected chi connectivity index (χ0v) is 17.6. The van der Waals surface area contributed by atoms with Gasteiger partial charge in [-0.3, -0.25) is 4.79 Å². The minimum atomic E-state index is -0.225. The van der Waals surface area contributed by atoms with Gasteiger partial charge in [0, 0.05) is 19.5 Å². The van der Waals surface area contributed by atoms with Gasteiger partial charge in [-0.25, -0.2) is 0 Å². The molecule has 0 unspecified atom stereocenters. The summed E-state index contributed by atoms with van der Waals surface area (Å²) >= 11 is 0. The first-order valence-electron chi connectivity index (χ1n) is 8.76. The Labute approximate surface area is 154 Å². The lowest BCUT2D eigenvalue weighted by Crippen LogP contribution is -2.17. The fourth-order valence-electron chi connectivity index (χ4n) is 1.09. The van der Waals surface area contributed by atoms with Crippen molar-refractivity contribution in [1.29, 1.82) is 0 Å². The molecule has 0 aromatic carbocycles. The molecule has 0 saturated heterocycles. The molecule has 0 atom stereocenters. The van der Waals surface area contributed by atoms with E-state index in [1.54, 1.807) is 27.0 Å². The Hall–Kier alpha value is -2.09. The highest BCUT2D eigenvalue weighted by molar-refractivity contribution is 5.91. The maximum Gasteiger partial charge on any atom is 0.273 e. The van der Waals surface area contributed by atoms with Crippen LogP contribution >= 0.6 is 0 Å². The molecule has 0 aliphatic carbocycles. The van der Waals surface area contributed by atoms with E-state index in [1.165, 1.54) is 6.42 Å². The van der Waals surface area contributed by atoms with E-state index in [0.29, 0.717) is 23.2 Å². The van der Waals surface area contributed by atoms with Crippen LogP contribution in [-0.2, 0) is 4.79 Å². The second-order valence-corrected chi connectivity index (χ2v) is 5.24. The number of nitrogens with one attached hydrogen (secondary N) is 1. The molecule has 1 rings (SSSR count). The predicted molar refractivity (Wildman–Crippen MR) is 107 cm³/mol. The van der Waals surface area contributed by atoms with Crippen LogP contribution in [0, 0.1) is 25.7 Å². The molecule has 1 aromatic heterocycles. The number of hydrogen-bond acceptors (Lipinski definition) is 4. The van der Waals surface area contributed by atoms with Crippen molar-refractivity contribution in [3.05, 3.63) is 17.5 Å². The molecule has 1 amide bonds. The van der Waals surface area contributed by atoms with Crippen molar-refractivity contribution in [1.82, 2.24) is 10.5 Å². The smallest absolute Gasteiger partial charge is 0.273 e. The van der Waals surface area contributed by atoms with Gasteiger partial charge < -0.3 is 14.6 Å². The molecule has 0 spiro atoms. The summed E-state index contributed by atoms with van der Waals surface area (Å²) in [6.07, 6.45) is 11.0. The van der Waals surface area contributed by atoms with E-state index >= 15 is 0 Å². The lowest BCUT2D eigenvalue weighted by atomic mass is 10.1. The van der Waals surface area contributed by atoms with Crippen molar-refractivity contribution in [2.45, 2.75) is 74.7 Å². The number of Topliss-reactive ketones (excluding diaryl/α,β-unsaturated/α-hetero) is 1. The molecule has 5 heteroatoms. The van der Waals surface area contributed by atoms with Crippen LogP contribution in [0.1, 0.15) is 84.0 Å². The van der Waals surface area contributed by atoms with Gasteiger partial charge in [-0.2, -0.15) is 0 Å². The van der Waals surface area contributed by atoms with Gasteiger partial charge >= 0.3 is 0 Å². The highest BCUT2D eigenvalue weighted by atomic mass is 16.5. The molecule has 0 bridgehead atoms. The van der Waals surface area contributed by atoms with Gasteiger partial charge in [-0.1, -0.05) is 53.1 Å². The standard InChI is InChI=1S/C7H14O.C6H8N2O2.C3H8.C2H6.C2H2/c1-6(2)4-5-7(3)8;1-4-3-5(8-10-4)6(9)7-2;1-3-2;2*1-2/h6H,4-5H2,1-3H3;3H,1-2H3,(H,7,9);3H2,1-2H3;1-2H3;1-2H. The largest absolute Gasteiger partial charge is 0.361 e. The number of terminal acetylenes is 1. The summed E-state index contributed by atoms with van der Waals surface area (Å²) in [5, 5.41) is 5.93. The minimum Gasteiger partial charge on any atom is -0.361 e. The van der Waals surface area contributed by atoms with Crippen molar-refractivity contribution < 1.29 is 14.1 Å². The van der Waals surface area contributed by atoms with E-state index < -0.39 is 0 Å². The van der Waals surface area contributed by atoms with Gasteiger partial charge in [0.25, 0.3) is 5.91 Å². The molecule has 5 nitrogen and oxygen atoms in total. The zero-order valence-electron chi connectivity index (χ0n) is 17.6.